The Hall–Kier alpha value is -3.17. The molecular formula is C25H30N4O6S2. The van der Waals surface area contributed by atoms with Crippen molar-refractivity contribution in [1.29, 1.82) is 5.26 Å². The van der Waals surface area contributed by atoms with Crippen LogP contribution < -0.4 is 10.5 Å². The Morgan fingerprint density at radius 2 is 2.05 bits per heavy atom. The Morgan fingerprint density at radius 3 is 2.68 bits per heavy atom. The van der Waals surface area contributed by atoms with E-state index >= 15 is 0 Å². The van der Waals surface area contributed by atoms with Crippen molar-refractivity contribution >= 4 is 58.0 Å². The van der Waals surface area contributed by atoms with Crippen molar-refractivity contribution in [2.24, 2.45) is 5.92 Å². The van der Waals surface area contributed by atoms with Gasteiger partial charge in [0.2, 0.25) is 0 Å². The first-order chi connectivity index (χ1) is 17.6. The summed E-state index contributed by atoms with van der Waals surface area (Å²) in [5.74, 6) is -1.87. The van der Waals surface area contributed by atoms with Crippen molar-refractivity contribution in [1.82, 2.24) is 9.47 Å². The van der Waals surface area contributed by atoms with E-state index in [4.69, 9.17) is 22.1 Å². The Labute approximate surface area is 224 Å². The third-order valence-corrected chi connectivity index (χ3v) is 7.74. The number of carboxylic acids is 1. The molecule has 1 amide bonds. The van der Waals surface area contributed by atoms with Gasteiger partial charge in [0.1, 0.15) is 28.3 Å². The number of carboxylic acid groups (broad SMARTS) is 1. The lowest BCUT2D eigenvalue weighted by Crippen LogP contribution is -2.43. The molecule has 10 nitrogen and oxygen atoms in total. The number of nitrogens with zero attached hydrogens (tertiary/aromatic N) is 4. The molecule has 1 aromatic heterocycles. The van der Waals surface area contributed by atoms with E-state index in [0.717, 1.165) is 23.1 Å². The van der Waals surface area contributed by atoms with Crippen LogP contribution in [0.5, 0.6) is 0 Å². The minimum Gasteiger partial charge on any atom is -0.480 e. The number of thioether (sulfide) groups is 1. The van der Waals surface area contributed by atoms with Gasteiger partial charge >= 0.3 is 11.9 Å². The number of rotatable bonds is 9. The second kappa shape index (κ2) is 12.4. The van der Waals surface area contributed by atoms with Crippen molar-refractivity contribution in [3.05, 3.63) is 31.9 Å². The number of ether oxygens (including phenoxy) is 1. The SMILES string of the molecule is CCCCn1c(N2CCCC(C(=O)OCC)C2)c(/C=C2/SC(=S)N(CC(=O)O)C2=O)c(C)c(C#N)c1=O. The van der Waals surface area contributed by atoms with Crippen molar-refractivity contribution in [2.75, 3.05) is 31.1 Å². The molecule has 2 aliphatic rings. The first-order valence-corrected chi connectivity index (χ1v) is 13.4. The van der Waals surface area contributed by atoms with Crippen molar-refractivity contribution in [2.45, 2.75) is 53.0 Å². The second-order valence-electron chi connectivity index (χ2n) is 8.86. The molecule has 0 aliphatic carbocycles. The Bertz CT molecular complexity index is 1250. The van der Waals surface area contributed by atoms with Crippen LogP contribution >= 0.6 is 24.0 Å². The standard InChI is InChI=1S/C25H30N4O6S2/c1-4-6-10-28-21(27-9-7-8-16(13-27)24(34)35-5-2)17(15(3)18(12-26)22(28)32)11-19-23(33)29(14-20(30)31)25(36)37-19/h11,16H,4-10,13-14H2,1-3H3,(H,30,31)/b19-11+. The highest BCUT2D eigenvalue weighted by molar-refractivity contribution is 8.26. The van der Waals surface area contributed by atoms with Crippen LogP contribution in [0.2, 0.25) is 0 Å². The normalized spacial score (nSPS) is 18.9. The smallest absolute Gasteiger partial charge is 0.323 e. The summed E-state index contributed by atoms with van der Waals surface area (Å²) in [6.45, 7) is 6.39. The van der Waals surface area contributed by atoms with Crippen LogP contribution in [0.15, 0.2) is 9.70 Å². The minimum absolute atomic E-state index is 0.0222. The highest BCUT2D eigenvalue weighted by Crippen LogP contribution is 2.37. The fourth-order valence-electron chi connectivity index (χ4n) is 4.53. The number of hydrogen-bond acceptors (Lipinski definition) is 9. The number of amides is 1. The summed E-state index contributed by atoms with van der Waals surface area (Å²) in [5.41, 5.74) is 0.480. The maximum Gasteiger partial charge on any atom is 0.323 e. The summed E-state index contributed by atoms with van der Waals surface area (Å²) < 4.78 is 6.93. The molecule has 0 radical (unpaired) electrons. The largest absolute Gasteiger partial charge is 0.480 e. The number of piperidine rings is 1. The van der Waals surface area contributed by atoms with Crippen molar-refractivity contribution < 1.29 is 24.2 Å². The summed E-state index contributed by atoms with van der Waals surface area (Å²) in [5, 5.41) is 19.0. The predicted octanol–water partition coefficient (Wildman–Crippen LogP) is 2.89. The monoisotopic (exact) mass is 546 g/mol. The van der Waals surface area contributed by atoms with Gasteiger partial charge in [-0.25, -0.2) is 0 Å². The number of pyridine rings is 1. The van der Waals surface area contributed by atoms with Gasteiger partial charge in [-0.15, -0.1) is 0 Å². The van der Waals surface area contributed by atoms with Crippen molar-refractivity contribution in [3.8, 4) is 6.07 Å². The zero-order valence-electron chi connectivity index (χ0n) is 21.1. The molecule has 12 heteroatoms. The lowest BCUT2D eigenvalue weighted by Gasteiger charge is -2.36. The summed E-state index contributed by atoms with van der Waals surface area (Å²) in [6.07, 6.45) is 4.45. The molecule has 37 heavy (non-hydrogen) atoms. The van der Waals surface area contributed by atoms with Gasteiger partial charge in [0.05, 0.1) is 17.4 Å². The number of carbonyl (C=O) groups excluding carboxylic acids is 2. The molecular weight excluding hydrogens is 516 g/mol. The summed E-state index contributed by atoms with van der Waals surface area (Å²) >= 11 is 6.21. The Kier molecular flexibility index (Phi) is 9.50. The molecule has 198 valence electrons. The summed E-state index contributed by atoms with van der Waals surface area (Å²) in [4.78, 5) is 53.4. The van der Waals surface area contributed by atoms with Crippen LogP contribution in [0.4, 0.5) is 5.82 Å². The maximum absolute atomic E-state index is 13.4. The molecule has 3 heterocycles. The van der Waals surface area contributed by atoms with Crippen LogP contribution in [0.3, 0.4) is 0 Å². The zero-order valence-corrected chi connectivity index (χ0v) is 22.7. The van der Waals surface area contributed by atoms with Gasteiger partial charge in [-0.1, -0.05) is 37.3 Å². The van der Waals surface area contributed by atoms with E-state index in [9.17, 15) is 24.4 Å². The maximum atomic E-state index is 13.4. The average molecular weight is 547 g/mol. The first-order valence-electron chi connectivity index (χ1n) is 12.2. The number of nitriles is 1. The zero-order chi connectivity index (χ0) is 27.3. The number of aromatic nitrogens is 1. The molecule has 1 N–H and O–H groups in total. The van der Waals surface area contributed by atoms with Gasteiger partial charge in [-0.05, 0) is 44.7 Å². The Morgan fingerprint density at radius 1 is 1.32 bits per heavy atom. The van der Waals surface area contributed by atoms with E-state index in [-0.39, 0.29) is 33.3 Å². The number of carbonyl (C=O) groups is 3. The fraction of sp³-hybridized carbons (Fsp3) is 0.520. The summed E-state index contributed by atoms with van der Waals surface area (Å²) in [6, 6.07) is 2.01. The molecule has 0 spiro atoms. The number of thiocarbonyl (C=S) groups is 1. The highest BCUT2D eigenvalue weighted by Gasteiger charge is 2.35. The van der Waals surface area contributed by atoms with E-state index in [0.29, 0.717) is 55.8 Å². The van der Waals surface area contributed by atoms with Crippen LogP contribution in [0.1, 0.15) is 56.2 Å². The van der Waals surface area contributed by atoms with Crippen LogP contribution in [0.25, 0.3) is 6.08 Å². The quantitative estimate of drug-likeness (QED) is 0.280. The van der Waals surface area contributed by atoms with E-state index in [1.54, 1.807) is 24.5 Å². The molecule has 1 atom stereocenters. The van der Waals surface area contributed by atoms with Crippen LogP contribution in [-0.4, -0.2) is 63.0 Å². The molecule has 0 bridgehead atoms. The molecule has 1 aromatic rings. The Balaban J connectivity index is 2.21. The fourth-order valence-corrected chi connectivity index (χ4v) is 5.77. The van der Waals surface area contributed by atoms with E-state index in [1.165, 1.54) is 0 Å². The molecule has 2 aliphatic heterocycles. The van der Waals surface area contributed by atoms with Gasteiger partial charge in [-0.3, -0.25) is 28.6 Å². The van der Waals surface area contributed by atoms with Crippen molar-refractivity contribution in [3.63, 3.8) is 0 Å². The summed E-state index contributed by atoms with van der Waals surface area (Å²) in [7, 11) is 0. The van der Waals surface area contributed by atoms with E-state index in [1.807, 2.05) is 17.9 Å². The van der Waals surface area contributed by atoms with Gasteiger partial charge in [0.15, 0.2) is 0 Å². The van der Waals surface area contributed by atoms with Gasteiger partial charge in [0, 0.05) is 25.2 Å². The van der Waals surface area contributed by atoms with Gasteiger partial charge in [-0.2, -0.15) is 5.26 Å². The number of hydrogen-bond donors (Lipinski definition) is 1. The highest BCUT2D eigenvalue weighted by atomic mass is 32.2. The van der Waals surface area contributed by atoms with E-state index < -0.39 is 24.0 Å². The first kappa shape index (κ1) is 28.4. The van der Waals surface area contributed by atoms with Gasteiger partial charge in [0.25, 0.3) is 11.5 Å². The molecule has 3 rings (SSSR count). The molecule has 1 unspecified atom stereocenters. The van der Waals surface area contributed by atoms with Gasteiger partial charge < -0.3 is 14.7 Å². The topological polar surface area (TPSA) is 133 Å². The molecule has 2 saturated heterocycles. The van der Waals surface area contributed by atoms with E-state index in [2.05, 4.69) is 0 Å². The third-order valence-electron chi connectivity index (χ3n) is 6.36. The number of anilines is 1. The third kappa shape index (κ3) is 6.05. The average Bonchev–Trinajstić information content (AvgIpc) is 3.12. The van der Waals surface area contributed by atoms with Crippen LogP contribution in [-0.2, 0) is 25.7 Å². The molecule has 0 aromatic carbocycles. The molecule has 0 saturated carbocycles. The second-order valence-corrected chi connectivity index (χ2v) is 10.5. The van der Waals surface area contributed by atoms with Crippen LogP contribution in [0, 0.1) is 24.2 Å². The number of unbranched alkanes of at least 4 members (excludes halogenated alkanes) is 1. The predicted molar refractivity (Wildman–Crippen MR) is 144 cm³/mol. The lowest BCUT2D eigenvalue weighted by molar-refractivity contribution is -0.148. The number of aliphatic carboxylic acids is 1. The minimum atomic E-state index is -1.19. The lowest BCUT2D eigenvalue weighted by atomic mass is 9.96. The molecule has 2 fully saturated rings. The number of esters is 1.